The standard InChI is InChI=1S/C16H16FNOS/c1-18(11-12-6-8-15(20-2)9-7-12)16(19)13-4-3-5-14(17)10-13/h3-10H,11H2,1-2H3. The summed E-state index contributed by atoms with van der Waals surface area (Å²) in [6.07, 6.45) is 2.02. The van der Waals surface area contributed by atoms with Gasteiger partial charge in [-0.25, -0.2) is 4.39 Å². The van der Waals surface area contributed by atoms with E-state index in [-0.39, 0.29) is 5.91 Å². The highest BCUT2D eigenvalue weighted by atomic mass is 32.2. The Hall–Kier alpha value is -1.81. The van der Waals surface area contributed by atoms with Gasteiger partial charge in [-0.05, 0) is 42.2 Å². The summed E-state index contributed by atoms with van der Waals surface area (Å²) < 4.78 is 13.1. The van der Waals surface area contributed by atoms with Gasteiger partial charge in [0.1, 0.15) is 5.82 Å². The summed E-state index contributed by atoms with van der Waals surface area (Å²) >= 11 is 1.68. The summed E-state index contributed by atoms with van der Waals surface area (Å²) in [6.45, 7) is 0.504. The molecule has 20 heavy (non-hydrogen) atoms. The number of halogens is 1. The molecule has 2 rings (SSSR count). The molecular formula is C16H16FNOS. The van der Waals surface area contributed by atoms with Crippen LogP contribution in [0.2, 0.25) is 0 Å². The van der Waals surface area contributed by atoms with Crippen molar-refractivity contribution in [1.82, 2.24) is 4.90 Å². The van der Waals surface area contributed by atoms with Gasteiger partial charge in [-0.3, -0.25) is 4.79 Å². The Kier molecular flexibility index (Phi) is 4.79. The van der Waals surface area contributed by atoms with E-state index in [0.29, 0.717) is 12.1 Å². The number of benzene rings is 2. The zero-order valence-corrected chi connectivity index (χ0v) is 12.3. The quantitative estimate of drug-likeness (QED) is 0.798. The molecule has 2 aromatic carbocycles. The lowest BCUT2D eigenvalue weighted by atomic mass is 10.1. The van der Waals surface area contributed by atoms with Crippen LogP contribution < -0.4 is 0 Å². The van der Waals surface area contributed by atoms with Crippen molar-refractivity contribution in [2.24, 2.45) is 0 Å². The van der Waals surface area contributed by atoms with Crippen molar-refractivity contribution in [3.8, 4) is 0 Å². The molecule has 0 aromatic heterocycles. The smallest absolute Gasteiger partial charge is 0.253 e. The van der Waals surface area contributed by atoms with E-state index in [0.717, 1.165) is 5.56 Å². The Balaban J connectivity index is 2.07. The Bertz CT molecular complexity index is 598. The number of nitrogens with zero attached hydrogens (tertiary/aromatic N) is 1. The molecule has 0 saturated carbocycles. The van der Waals surface area contributed by atoms with Crippen LogP contribution in [-0.4, -0.2) is 24.1 Å². The Morgan fingerprint density at radius 3 is 2.50 bits per heavy atom. The highest BCUT2D eigenvalue weighted by molar-refractivity contribution is 7.98. The molecule has 0 heterocycles. The fourth-order valence-electron chi connectivity index (χ4n) is 1.92. The molecule has 0 aliphatic rings. The van der Waals surface area contributed by atoms with Crippen molar-refractivity contribution in [1.29, 1.82) is 0 Å². The Morgan fingerprint density at radius 1 is 1.20 bits per heavy atom. The SMILES string of the molecule is CSc1ccc(CN(C)C(=O)c2cccc(F)c2)cc1. The highest BCUT2D eigenvalue weighted by Gasteiger charge is 2.12. The molecular weight excluding hydrogens is 273 g/mol. The van der Waals surface area contributed by atoms with Crippen molar-refractivity contribution in [2.45, 2.75) is 11.4 Å². The van der Waals surface area contributed by atoms with E-state index in [9.17, 15) is 9.18 Å². The molecule has 0 atom stereocenters. The minimum atomic E-state index is -0.395. The molecule has 0 bridgehead atoms. The molecule has 0 radical (unpaired) electrons. The lowest BCUT2D eigenvalue weighted by Crippen LogP contribution is -2.26. The minimum Gasteiger partial charge on any atom is -0.337 e. The second-order valence-electron chi connectivity index (χ2n) is 4.52. The summed E-state index contributed by atoms with van der Waals surface area (Å²) in [5, 5.41) is 0. The fraction of sp³-hybridized carbons (Fsp3) is 0.188. The van der Waals surface area contributed by atoms with Gasteiger partial charge < -0.3 is 4.90 Å². The van der Waals surface area contributed by atoms with Crippen LogP contribution in [0.4, 0.5) is 4.39 Å². The Labute approximate surface area is 122 Å². The molecule has 104 valence electrons. The third-order valence-corrected chi connectivity index (χ3v) is 3.74. The van der Waals surface area contributed by atoms with Gasteiger partial charge in [0, 0.05) is 24.1 Å². The normalized spacial score (nSPS) is 10.3. The van der Waals surface area contributed by atoms with Crippen molar-refractivity contribution in [3.05, 3.63) is 65.5 Å². The van der Waals surface area contributed by atoms with Gasteiger partial charge in [0.2, 0.25) is 0 Å². The number of rotatable bonds is 4. The maximum Gasteiger partial charge on any atom is 0.253 e. The zero-order valence-electron chi connectivity index (χ0n) is 11.5. The van der Waals surface area contributed by atoms with Crippen LogP contribution in [0.25, 0.3) is 0 Å². The van der Waals surface area contributed by atoms with Gasteiger partial charge >= 0.3 is 0 Å². The fourth-order valence-corrected chi connectivity index (χ4v) is 2.33. The van der Waals surface area contributed by atoms with Crippen LogP contribution in [-0.2, 0) is 6.54 Å². The van der Waals surface area contributed by atoms with Gasteiger partial charge in [0.05, 0.1) is 0 Å². The highest BCUT2D eigenvalue weighted by Crippen LogP contribution is 2.16. The van der Waals surface area contributed by atoms with Gasteiger partial charge in [-0.1, -0.05) is 18.2 Å². The number of thioether (sulfide) groups is 1. The van der Waals surface area contributed by atoms with Gasteiger partial charge in [0.25, 0.3) is 5.91 Å². The number of carbonyl (C=O) groups is 1. The van der Waals surface area contributed by atoms with E-state index >= 15 is 0 Å². The summed E-state index contributed by atoms with van der Waals surface area (Å²) in [4.78, 5) is 15.0. The van der Waals surface area contributed by atoms with Crippen LogP contribution in [0.15, 0.2) is 53.4 Å². The Morgan fingerprint density at radius 2 is 1.90 bits per heavy atom. The lowest BCUT2D eigenvalue weighted by Gasteiger charge is -2.17. The van der Waals surface area contributed by atoms with Crippen LogP contribution in [0, 0.1) is 5.82 Å². The predicted molar refractivity (Wildman–Crippen MR) is 80.4 cm³/mol. The predicted octanol–water partition coefficient (Wildman–Crippen LogP) is 3.82. The van der Waals surface area contributed by atoms with Crippen LogP contribution in [0.3, 0.4) is 0 Å². The molecule has 0 unspecified atom stereocenters. The van der Waals surface area contributed by atoms with Crippen LogP contribution in [0.1, 0.15) is 15.9 Å². The minimum absolute atomic E-state index is 0.182. The van der Waals surface area contributed by atoms with Crippen molar-refractivity contribution >= 4 is 17.7 Å². The van der Waals surface area contributed by atoms with Gasteiger partial charge in [-0.2, -0.15) is 0 Å². The van der Waals surface area contributed by atoms with Crippen molar-refractivity contribution in [2.75, 3.05) is 13.3 Å². The summed E-state index contributed by atoms with van der Waals surface area (Å²) in [5.41, 5.74) is 1.42. The lowest BCUT2D eigenvalue weighted by molar-refractivity contribution is 0.0784. The topological polar surface area (TPSA) is 20.3 Å². The van der Waals surface area contributed by atoms with E-state index in [1.54, 1.807) is 35.8 Å². The van der Waals surface area contributed by atoms with E-state index < -0.39 is 5.82 Å². The first-order chi connectivity index (χ1) is 9.60. The number of hydrogen-bond donors (Lipinski definition) is 0. The van der Waals surface area contributed by atoms with E-state index in [4.69, 9.17) is 0 Å². The summed E-state index contributed by atoms with van der Waals surface area (Å²) in [6, 6.07) is 13.8. The second-order valence-corrected chi connectivity index (χ2v) is 5.40. The van der Waals surface area contributed by atoms with Crippen LogP contribution in [0.5, 0.6) is 0 Å². The number of carbonyl (C=O) groups excluding carboxylic acids is 1. The molecule has 0 spiro atoms. The second kappa shape index (κ2) is 6.57. The molecule has 0 aliphatic heterocycles. The first-order valence-electron chi connectivity index (χ1n) is 6.24. The number of amides is 1. The van der Waals surface area contributed by atoms with E-state index in [1.807, 2.05) is 30.5 Å². The van der Waals surface area contributed by atoms with Gasteiger partial charge in [0.15, 0.2) is 0 Å². The maximum absolute atomic E-state index is 13.1. The first-order valence-corrected chi connectivity index (χ1v) is 7.46. The van der Waals surface area contributed by atoms with E-state index in [2.05, 4.69) is 0 Å². The first kappa shape index (κ1) is 14.6. The zero-order chi connectivity index (χ0) is 14.5. The van der Waals surface area contributed by atoms with Gasteiger partial charge in [-0.15, -0.1) is 11.8 Å². The van der Waals surface area contributed by atoms with Crippen molar-refractivity contribution < 1.29 is 9.18 Å². The number of hydrogen-bond acceptors (Lipinski definition) is 2. The average Bonchev–Trinajstić information content (AvgIpc) is 2.47. The molecule has 0 saturated heterocycles. The third-order valence-electron chi connectivity index (χ3n) is 3.00. The van der Waals surface area contributed by atoms with E-state index in [1.165, 1.54) is 17.0 Å². The molecule has 1 amide bonds. The summed E-state index contributed by atoms with van der Waals surface area (Å²) in [5.74, 6) is -0.577. The summed E-state index contributed by atoms with van der Waals surface area (Å²) in [7, 11) is 1.72. The molecule has 2 aromatic rings. The van der Waals surface area contributed by atoms with Crippen molar-refractivity contribution in [3.63, 3.8) is 0 Å². The maximum atomic E-state index is 13.1. The molecule has 0 fully saturated rings. The molecule has 4 heteroatoms. The molecule has 0 N–H and O–H groups in total. The largest absolute Gasteiger partial charge is 0.337 e. The molecule has 2 nitrogen and oxygen atoms in total. The van der Waals surface area contributed by atoms with Crippen LogP contribution >= 0.6 is 11.8 Å². The molecule has 0 aliphatic carbocycles. The average molecular weight is 289 g/mol. The monoisotopic (exact) mass is 289 g/mol. The third kappa shape index (κ3) is 3.61.